The Morgan fingerprint density at radius 1 is 0.800 bits per heavy atom. The van der Waals surface area contributed by atoms with Crippen molar-refractivity contribution in [1.82, 2.24) is 14.9 Å². The van der Waals surface area contributed by atoms with Crippen molar-refractivity contribution in [3.63, 3.8) is 0 Å². The second kappa shape index (κ2) is 9.59. The van der Waals surface area contributed by atoms with Crippen LogP contribution in [0.4, 0.5) is 14.7 Å². The Bertz CT molecular complexity index is 917. The molecule has 1 aliphatic heterocycles. The zero-order valence-electron chi connectivity index (χ0n) is 16.7. The molecule has 0 spiro atoms. The quantitative estimate of drug-likeness (QED) is 0.607. The first-order chi connectivity index (χ1) is 14.7. The highest BCUT2D eigenvalue weighted by Crippen LogP contribution is 2.25. The van der Waals surface area contributed by atoms with Gasteiger partial charge in [0.25, 0.3) is 0 Å². The molecule has 2 aromatic carbocycles. The molecule has 0 unspecified atom stereocenters. The van der Waals surface area contributed by atoms with Crippen LogP contribution >= 0.6 is 0 Å². The number of piperazine rings is 1. The van der Waals surface area contributed by atoms with Crippen LogP contribution in [0, 0.1) is 11.6 Å². The molecule has 1 fully saturated rings. The molecule has 0 saturated carbocycles. The van der Waals surface area contributed by atoms with E-state index in [1.807, 2.05) is 6.07 Å². The Morgan fingerprint density at radius 2 is 1.33 bits per heavy atom. The molecule has 0 bridgehead atoms. The van der Waals surface area contributed by atoms with Crippen molar-refractivity contribution < 1.29 is 8.78 Å². The van der Waals surface area contributed by atoms with Crippen molar-refractivity contribution in [2.24, 2.45) is 0 Å². The summed E-state index contributed by atoms with van der Waals surface area (Å²) in [6, 6.07) is 14.7. The second-order valence-electron chi connectivity index (χ2n) is 7.30. The summed E-state index contributed by atoms with van der Waals surface area (Å²) in [6.07, 6.45) is 6.55. The highest BCUT2D eigenvalue weighted by atomic mass is 19.1. The molecule has 0 radical (unpaired) electrons. The smallest absolute Gasteiger partial charge is 0.225 e. The van der Waals surface area contributed by atoms with E-state index in [0.29, 0.717) is 0 Å². The molecule has 0 aliphatic carbocycles. The number of nitrogens with zero attached hydrogens (tertiary/aromatic N) is 4. The average molecular weight is 406 g/mol. The SMILES string of the molecule is Fc1ccc(C(=CCCN2CCN(c3ncccn3)CC2)c2ccc(F)cc2)cc1. The van der Waals surface area contributed by atoms with Crippen LogP contribution in [0.2, 0.25) is 0 Å². The first-order valence-corrected chi connectivity index (χ1v) is 10.2. The zero-order chi connectivity index (χ0) is 20.8. The van der Waals surface area contributed by atoms with E-state index in [9.17, 15) is 8.78 Å². The number of rotatable bonds is 6. The van der Waals surface area contributed by atoms with Gasteiger partial charge in [-0.3, -0.25) is 4.90 Å². The predicted molar refractivity (Wildman–Crippen MR) is 115 cm³/mol. The summed E-state index contributed by atoms with van der Waals surface area (Å²) < 4.78 is 26.7. The highest BCUT2D eigenvalue weighted by Gasteiger charge is 2.18. The van der Waals surface area contributed by atoms with E-state index < -0.39 is 0 Å². The van der Waals surface area contributed by atoms with Crippen LogP contribution in [0.1, 0.15) is 17.5 Å². The van der Waals surface area contributed by atoms with Gasteiger partial charge in [-0.15, -0.1) is 0 Å². The third-order valence-corrected chi connectivity index (χ3v) is 5.31. The minimum Gasteiger partial charge on any atom is -0.338 e. The van der Waals surface area contributed by atoms with Gasteiger partial charge >= 0.3 is 0 Å². The van der Waals surface area contributed by atoms with Crippen molar-refractivity contribution in [3.8, 4) is 0 Å². The third-order valence-electron chi connectivity index (χ3n) is 5.31. The maximum absolute atomic E-state index is 13.4. The molecule has 154 valence electrons. The van der Waals surface area contributed by atoms with E-state index in [4.69, 9.17) is 0 Å². The normalized spacial score (nSPS) is 14.5. The van der Waals surface area contributed by atoms with Gasteiger partial charge < -0.3 is 4.90 Å². The van der Waals surface area contributed by atoms with Crippen molar-refractivity contribution in [2.45, 2.75) is 6.42 Å². The summed E-state index contributed by atoms with van der Waals surface area (Å²) in [6.45, 7) is 4.63. The lowest BCUT2D eigenvalue weighted by Crippen LogP contribution is -2.47. The summed E-state index contributed by atoms with van der Waals surface area (Å²) >= 11 is 0. The molecule has 4 nitrogen and oxygen atoms in total. The van der Waals surface area contributed by atoms with E-state index >= 15 is 0 Å². The minimum atomic E-state index is -0.266. The summed E-state index contributed by atoms with van der Waals surface area (Å²) in [5, 5.41) is 0. The molecule has 3 aromatic rings. The number of benzene rings is 2. The lowest BCUT2D eigenvalue weighted by atomic mass is 9.96. The molecule has 1 aliphatic rings. The van der Waals surface area contributed by atoms with Crippen LogP contribution < -0.4 is 4.90 Å². The molecule has 4 rings (SSSR count). The number of anilines is 1. The second-order valence-corrected chi connectivity index (χ2v) is 7.30. The van der Waals surface area contributed by atoms with E-state index in [1.54, 1.807) is 36.7 Å². The average Bonchev–Trinajstić information content (AvgIpc) is 2.79. The van der Waals surface area contributed by atoms with Gasteiger partial charge in [-0.2, -0.15) is 0 Å². The Morgan fingerprint density at radius 3 is 1.87 bits per heavy atom. The van der Waals surface area contributed by atoms with Gasteiger partial charge in [0.15, 0.2) is 0 Å². The van der Waals surface area contributed by atoms with Crippen molar-refractivity contribution >= 4 is 11.5 Å². The van der Waals surface area contributed by atoms with Crippen LogP contribution in [-0.4, -0.2) is 47.6 Å². The van der Waals surface area contributed by atoms with Gasteiger partial charge in [0.05, 0.1) is 0 Å². The number of halogens is 2. The van der Waals surface area contributed by atoms with Gasteiger partial charge in [0.1, 0.15) is 11.6 Å². The van der Waals surface area contributed by atoms with Crippen LogP contribution in [0.15, 0.2) is 73.1 Å². The van der Waals surface area contributed by atoms with Crippen LogP contribution in [0.25, 0.3) is 5.57 Å². The first-order valence-electron chi connectivity index (χ1n) is 10.2. The minimum absolute atomic E-state index is 0.266. The molecular formula is C24H24F2N4. The number of hydrogen-bond acceptors (Lipinski definition) is 4. The maximum Gasteiger partial charge on any atom is 0.225 e. The van der Waals surface area contributed by atoms with Crippen molar-refractivity contribution in [3.05, 3.63) is 95.8 Å². The Balaban J connectivity index is 1.41. The van der Waals surface area contributed by atoms with Crippen molar-refractivity contribution in [1.29, 1.82) is 0 Å². The van der Waals surface area contributed by atoms with Crippen LogP contribution in [0.5, 0.6) is 0 Å². The van der Waals surface area contributed by atoms with E-state index in [2.05, 4.69) is 25.8 Å². The molecular weight excluding hydrogens is 382 g/mol. The molecule has 30 heavy (non-hydrogen) atoms. The predicted octanol–water partition coefficient (Wildman–Crippen LogP) is 4.40. The molecule has 2 heterocycles. The highest BCUT2D eigenvalue weighted by molar-refractivity contribution is 5.79. The van der Waals surface area contributed by atoms with Crippen LogP contribution in [-0.2, 0) is 0 Å². The Labute approximate surface area is 175 Å². The first kappa shape index (κ1) is 20.2. The number of aromatic nitrogens is 2. The van der Waals surface area contributed by atoms with E-state index in [-0.39, 0.29) is 11.6 Å². The van der Waals surface area contributed by atoms with Gasteiger partial charge in [0, 0.05) is 45.1 Å². The molecule has 0 atom stereocenters. The lowest BCUT2D eigenvalue weighted by molar-refractivity contribution is 0.261. The summed E-state index contributed by atoms with van der Waals surface area (Å²) in [7, 11) is 0. The van der Waals surface area contributed by atoms with Gasteiger partial charge in [-0.25, -0.2) is 18.7 Å². The monoisotopic (exact) mass is 406 g/mol. The standard InChI is InChI=1S/C24H24F2N4/c25-21-8-4-19(5-9-21)23(20-6-10-22(26)11-7-20)3-1-14-29-15-17-30(18-16-29)24-27-12-2-13-28-24/h2-13H,1,14-18H2. The maximum atomic E-state index is 13.4. The molecule has 1 aromatic heterocycles. The van der Waals surface area contributed by atoms with E-state index in [0.717, 1.165) is 61.8 Å². The Kier molecular flexibility index (Phi) is 6.44. The summed E-state index contributed by atoms with van der Waals surface area (Å²) in [4.78, 5) is 13.3. The number of hydrogen-bond donors (Lipinski definition) is 0. The molecule has 0 amide bonds. The lowest BCUT2D eigenvalue weighted by Gasteiger charge is -2.34. The van der Waals surface area contributed by atoms with Crippen molar-refractivity contribution in [2.75, 3.05) is 37.6 Å². The fourth-order valence-corrected chi connectivity index (χ4v) is 3.68. The fourth-order valence-electron chi connectivity index (χ4n) is 3.68. The largest absolute Gasteiger partial charge is 0.338 e. The molecule has 0 N–H and O–H groups in total. The summed E-state index contributed by atoms with van der Waals surface area (Å²) in [5.41, 5.74) is 2.84. The topological polar surface area (TPSA) is 32.3 Å². The van der Waals surface area contributed by atoms with Gasteiger partial charge in [-0.1, -0.05) is 30.3 Å². The van der Waals surface area contributed by atoms with E-state index in [1.165, 1.54) is 24.3 Å². The molecule has 1 saturated heterocycles. The van der Waals surface area contributed by atoms with Gasteiger partial charge in [-0.05, 0) is 53.5 Å². The zero-order valence-corrected chi connectivity index (χ0v) is 16.7. The van der Waals surface area contributed by atoms with Crippen LogP contribution in [0.3, 0.4) is 0 Å². The third kappa shape index (κ3) is 5.07. The van der Waals surface area contributed by atoms with Gasteiger partial charge in [0.2, 0.25) is 5.95 Å². The fraction of sp³-hybridized carbons (Fsp3) is 0.250. The molecule has 6 heteroatoms. The Hall–Kier alpha value is -3.12. The summed E-state index contributed by atoms with van der Waals surface area (Å²) in [5.74, 6) is 0.252.